The second kappa shape index (κ2) is 10.6. The fourth-order valence-electron chi connectivity index (χ4n) is 3.07. The molecule has 0 atom stereocenters. The minimum Gasteiger partial charge on any atom is -0.496 e. The predicted molar refractivity (Wildman–Crippen MR) is 118 cm³/mol. The van der Waals surface area contributed by atoms with Gasteiger partial charge in [0, 0.05) is 25.1 Å². The second-order valence-electron chi connectivity index (χ2n) is 7.34. The molecule has 0 aliphatic carbocycles. The minimum atomic E-state index is -0.443. The molecule has 1 N–H and O–H groups in total. The van der Waals surface area contributed by atoms with Gasteiger partial charge in [0.25, 0.3) is 5.91 Å². The van der Waals surface area contributed by atoms with Gasteiger partial charge in [0.2, 0.25) is 0 Å². The average Bonchev–Trinajstić information content (AvgIpc) is 3.41. The number of ether oxygens (including phenoxy) is 1. The van der Waals surface area contributed by atoms with Gasteiger partial charge < -0.3 is 14.5 Å². The molecule has 0 bridgehead atoms. The van der Waals surface area contributed by atoms with E-state index in [4.69, 9.17) is 20.8 Å². The molecule has 0 saturated heterocycles. The standard InChI is InChI=1S/C21H26ClFN6O3/c1-5-28(12-22)9-8-18-26-27-19(15-7-6-14(23)10-17(15)31-4)29(18)21-25-16(11-32-21)20(30)24-13(2)3/h6-7,10-11,13H,5,8-9,12H2,1-4H3,(H,24,30). The van der Waals surface area contributed by atoms with Gasteiger partial charge in [-0.3, -0.25) is 9.69 Å². The number of methoxy groups -OCH3 is 1. The Labute approximate surface area is 190 Å². The number of rotatable bonds is 10. The van der Waals surface area contributed by atoms with E-state index < -0.39 is 5.82 Å². The number of alkyl halides is 1. The summed E-state index contributed by atoms with van der Waals surface area (Å²) in [5.74, 6) is 0.382. The summed E-state index contributed by atoms with van der Waals surface area (Å²) < 4.78 is 26.3. The highest BCUT2D eigenvalue weighted by atomic mass is 35.5. The highest BCUT2D eigenvalue weighted by Crippen LogP contribution is 2.31. The second-order valence-corrected chi connectivity index (χ2v) is 7.58. The number of halogens is 2. The summed E-state index contributed by atoms with van der Waals surface area (Å²) in [6.07, 6.45) is 1.77. The first-order valence-electron chi connectivity index (χ1n) is 10.2. The lowest BCUT2D eigenvalue weighted by molar-refractivity contribution is 0.0938. The highest BCUT2D eigenvalue weighted by molar-refractivity contribution is 6.17. The molecule has 0 unspecified atom stereocenters. The summed E-state index contributed by atoms with van der Waals surface area (Å²) in [6, 6.07) is 4.56. The molecule has 0 fully saturated rings. The topological polar surface area (TPSA) is 98.3 Å². The first-order valence-corrected chi connectivity index (χ1v) is 10.7. The third kappa shape index (κ3) is 5.25. The monoisotopic (exact) mass is 464 g/mol. The van der Waals surface area contributed by atoms with Crippen molar-refractivity contribution in [3.63, 3.8) is 0 Å². The van der Waals surface area contributed by atoms with Gasteiger partial charge in [0.05, 0.1) is 18.7 Å². The van der Waals surface area contributed by atoms with Crippen LogP contribution in [-0.4, -0.2) is 62.8 Å². The minimum absolute atomic E-state index is 0.0530. The maximum absolute atomic E-state index is 13.7. The Balaban J connectivity index is 2.06. The van der Waals surface area contributed by atoms with Crippen molar-refractivity contribution in [1.82, 2.24) is 30.0 Å². The van der Waals surface area contributed by atoms with Crippen LogP contribution in [0.15, 0.2) is 28.9 Å². The van der Waals surface area contributed by atoms with Crippen LogP contribution in [0.3, 0.4) is 0 Å². The zero-order valence-corrected chi connectivity index (χ0v) is 19.2. The largest absolute Gasteiger partial charge is 0.496 e. The Hall–Kier alpha value is -2.98. The summed E-state index contributed by atoms with van der Waals surface area (Å²) in [5, 5.41) is 11.4. The molecular weight excluding hydrogens is 439 g/mol. The van der Waals surface area contributed by atoms with Gasteiger partial charge in [-0.1, -0.05) is 6.92 Å². The fraction of sp³-hybridized carbons (Fsp3) is 0.429. The first kappa shape index (κ1) is 23.7. The van der Waals surface area contributed by atoms with E-state index in [1.807, 2.05) is 25.7 Å². The molecule has 0 spiro atoms. The highest BCUT2D eigenvalue weighted by Gasteiger charge is 2.24. The van der Waals surface area contributed by atoms with Crippen molar-refractivity contribution < 1.29 is 18.3 Å². The number of carbonyl (C=O) groups excluding carboxylic acids is 1. The predicted octanol–water partition coefficient (Wildman–Crippen LogP) is 3.27. The van der Waals surface area contributed by atoms with E-state index in [-0.39, 0.29) is 29.4 Å². The Morgan fingerprint density at radius 2 is 2.16 bits per heavy atom. The van der Waals surface area contributed by atoms with Crippen LogP contribution >= 0.6 is 11.6 Å². The zero-order chi connectivity index (χ0) is 23.3. The lowest BCUT2D eigenvalue weighted by atomic mass is 10.2. The number of benzene rings is 1. The number of hydrogen-bond acceptors (Lipinski definition) is 7. The lowest BCUT2D eigenvalue weighted by Gasteiger charge is -2.16. The number of carbonyl (C=O) groups is 1. The van der Waals surface area contributed by atoms with Gasteiger partial charge in [-0.15, -0.1) is 21.8 Å². The van der Waals surface area contributed by atoms with Crippen molar-refractivity contribution in [1.29, 1.82) is 0 Å². The number of amides is 1. The van der Waals surface area contributed by atoms with E-state index in [9.17, 15) is 9.18 Å². The Morgan fingerprint density at radius 1 is 1.38 bits per heavy atom. The van der Waals surface area contributed by atoms with Crippen molar-refractivity contribution in [2.75, 3.05) is 26.2 Å². The zero-order valence-electron chi connectivity index (χ0n) is 18.4. The number of nitrogens with one attached hydrogen (secondary N) is 1. The van der Waals surface area contributed by atoms with Crippen LogP contribution in [0.5, 0.6) is 5.75 Å². The smallest absolute Gasteiger partial charge is 0.309 e. The van der Waals surface area contributed by atoms with Gasteiger partial charge in [-0.05, 0) is 32.5 Å². The van der Waals surface area contributed by atoms with Crippen molar-refractivity contribution in [2.45, 2.75) is 33.2 Å². The summed E-state index contributed by atoms with van der Waals surface area (Å²) >= 11 is 5.98. The number of hydrogen-bond donors (Lipinski definition) is 1. The maximum Gasteiger partial charge on any atom is 0.309 e. The fourth-order valence-corrected chi connectivity index (χ4v) is 3.36. The first-order chi connectivity index (χ1) is 15.4. The average molecular weight is 465 g/mol. The summed E-state index contributed by atoms with van der Waals surface area (Å²) in [7, 11) is 1.44. The van der Waals surface area contributed by atoms with Crippen LogP contribution in [0.25, 0.3) is 17.4 Å². The van der Waals surface area contributed by atoms with Crippen LogP contribution in [0.4, 0.5) is 4.39 Å². The molecule has 0 aliphatic rings. The molecule has 2 heterocycles. The summed E-state index contributed by atoms with van der Waals surface area (Å²) in [6.45, 7) is 7.11. The van der Waals surface area contributed by atoms with Crippen molar-refractivity contribution in [2.24, 2.45) is 0 Å². The Kier molecular flexibility index (Phi) is 7.81. The van der Waals surface area contributed by atoms with E-state index in [0.717, 1.165) is 6.54 Å². The molecule has 2 aromatic heterocycles. The summed E-state index contributed by atoms with van der Waals surface area (Å²) in [4.78, 5) is 18.7. The van der Waals surface area contributed by atoms with Crippen LogP contribution in [-0.2, 0) is 6.42 Å². The van der Waals surface area contributed by atoms with Crippen LogP contribution in [0, 0.1) is 5.82 Å². The summed E-state index contributed by atoms with van der Waals surface area (Å²) in [5.41, 5.74) is 0.630. The van der Waals surface area contributed by atoms with Crippen molar-refractivity contribution >= 4 is 17.5 Å². The van der Waals surface area contributed by atoms with Crippen LogP contribution in [0.1, 0.15) is 37.1 Å². The Morgan fingerprint density at radius 3 is 2.81 bits per heavy atom. The van der Waals surface area contributed by atoms with Crippen molar-refractivity contribution in [3.05, 3.63) is 41.8 Å². The molecule has 3 rings (SSSR count). The third-order valence-corrected chi connectivity index (χ3v) is 5.08. The van der Waals surface area contributed by atoms with E-state index >= 15 is 0 Å². The van der Waals surface area contributed by atoms with Gasteiger partial charge in [-0.25, -0.2) is 8.96 Å². The van der Waals surface area contributed by atoms with E-state index in [1.54, 1.807) is 10.6 Å². The molecule has 3 aromatic rings. The molecule has 0 radical (unpaired) electrons. The molecule has 9 nitrogen and oxygen atoms in total. The molecule has 11 heteroatoms. The third-order valence-electron chi connectivity index (χ3n) is 4.74. The number of nitrogens with zero attached hydrogens (tertiary/aromatic N) is 5. The van der Waals surface area contributed by atoms with E-state index in [0.29, 0.717) is 36.2 Å². The molecule has 32 heavy (non-hydrogen) atoms. The number of likely N-dealkylation sites (N-methyl/N-ethyl adjacent to an activating group) is 1. The van der Waals surface area contributed by atoms with Gasteiger partial charge in [0.1, 0.15) is 23.7 Å². The molecular formula is C21H26ClFN6O3. The molecule has 172 valence electrons. The molecule has 0 saturated carbocycles. The molecule has 0 aliphatic heterocycles. The van der Waals surface area contributed by atoms with E-state index in [2.05, 4.69) is 20.5 Å². The number of aromatic nitrogens is 4. The van der Waals surface area contributed by atoms with Crippen LogP contribution < -0.4 is 10.1 Å². The van der Waals surface area contributed by atoms with Crippen LogP contribution in [0.2, 0.25) is 0 Å². The lowest BCUT2D eigenvalue weighted by Crippen LogP contribution is -2.30. The van der Waals surface area contributed by atoms with E-state index in [1.165, 1.54) is 25.5 Å². The normalized spacial score (nSPS) is 11.4. The quantitative estimate of drug-likeness (QED) is 0.363. The molecule has 1 amide bonds. The molecule has 1 aromatic carbocycles. The SMILES string of the molecule is CCN(CCl)CCc1nnc(-c2ccc(F)cc2OC)n1-c1nc(C(=O)NC(C)C)co1. The van der Waals surface area contributed by atoms with Gasteiger partial charge in [0.15, 0.2) is 11.5 Å². The van der Waals surface area contributed by atoms with Gasteiger partial charge in [-0.2, -0.15) is 4.98 Å². The number of oxazole rings is 1. The Bertz CT molecular complexity index is 1060. The van der Waals surface area contributed by atoms with Crippen molar-refractivity contribution in [3.8, 4) is 23.2 Å². The van der Waals surface area contributed by atoms with Gasteiger partial charge >= 0.3 is 6.01 Å². The maximum atomic E-state index is 13.7.